The van der Waals surface area contributed by atoms with Gasteiger partial charge in [0.1, 0.15) is 6.07 Å². The fourth-order valence-electron chi connectivity index (χ4n) is 2.77. The maximum atomic E-state index is 15.2. The number of benzene rings is 2. The van der Waals surface area contributed by atoms with Gasteiger partial charge in [-0.3, -0.25) is 0 Å². The van der Waals surface area contributed by atoms with E-state index in [4.69, 9.17) is 34.8 Å². The summed E-state index contributed by atoms with van der Waals surface area (Å²) in [4.78, 5) is 0. The Morgan fingerprint density at radius 2 is 1.68 bits per heavy atom. The molecule has 2 nitrogen and oxygen atoms in total. The van der Waals surface area contributed by atoms with Crippen molar-refractivity contribution in [3.63, 3.8) is 0 Å². The highest BCUT2D eigenvalue weighted by Crippen LogP contribution is 2.41. The summed E-state index contributed by atoms with van der Waals surface area (Å²) in [5, 5.41) is 10.2. The van der Waals surface area contributed by atoms with Gasteiger partial charge in [0.15, 0.2) is 6.17 Å². The van der Waals surface area contributed by atoms with Gasteiger partial charge in [-0.15, -0.1) is 11.6 Å². The Bertz CT molecular complexity index is 928. The number of alkyl halides is 2. The lowest BCUT2D eigenvalue weighted by atomic mass is 10.1. The maximum Gasteiger partial charge on any atom is 0.167 e. The van der Waals surface area contributed by atoms with Gasteiger partial charge in [0.2, 0.25) is 0 Å². The van der Waals surface area contributed by atoms with Crippen molar-refractivity contribution in [3.8, 4) is 17.3 Å². The standard InChI is InChI=1S/C19H12Cl3FN2/c20-11-25-18(13-6-8-14(21)9-7-13)15(10-24)16(22)19(25)17(23)12-4-2-1-3-5-12/h1-9,17H,11H2. The number of nitrogens with zero attached hydrogens (tertiary/aromatic N) is 2. The second-order valence-electron chi connectivity index (χ2n) is 5.36. The van der Waals surface area contributed by atoms with Crippen LogP contribution in [-0.4, -0.2) is 4.57 Å². The monoisotopic (exact) mass is 392 g/mol. The first-order chi connectivity index (χ1) is 12.1. The highest BCUT2D eigenvalue weighted by atomic mass is 35.5. The zero-order valence-corrected chi connectivity index (χ0v) is 15.2. The Labute approximate surface area is 160 Å². The van der Waals surface area contributed by atoms with Crippen molar-refractivity contribution in [2.75, 3.05) is 0 Å². The largest absolute Gasteiger partial charge is 0.325 e. The lowest BCUT2D eigenvalue weighted by Gasteiger charge is -2.14. The first kappa shape index (κ1) is 17.8. The van der Waals surface area contributed by atoms with Crippen molar-refractivity contribution in [2.24, 2.45) is 0 Å². The lowest BCUT2D eigenvalue weighted by Crippen LogP contribution is -2.06. The van der Waals surface area contributed by atoms with Gasteiger partial charge in [-0.1, -0.05) is 65.7 Å². The van der Waals surface area contributed by atoms with Crippen LogP contribution in [0.25, 0.3) is 11.3 Å². The van der Waals surface area contributed by atoms with Crippen molar-refractivity contribution in [1.82, 2.24) is 4.57 Å². The molecule has 0 spiro atoms. The molecule has 1 heterocycles. The van der Waals surface area contributed by atoms with E-state index in [1.165, 1.54) is 4.57 Å². The van der Waals surface area contributed by atoms with Gasteiger partial charge in [-0.25, -0.2) is 4.39 Å². The van der Waals surface area contributed by atoms with E-state index in [-0.39, 0.29) is 22.3 Å². The summed E-state index contributed by atoms with van der Waals surface area (Å²) < 4.78 is 16.7. The van der Waals surface area contributed by atoms with Gasteiger partial charge in [0, 0.05) is 5.02 Å². The molecular formula is C19H12Cl3FN2. The van der Waals surface area contributed by atoms with Crippen molar-refractivity contribution in [1.29, 1.82) is 5.26 Å². The summed E-state index contributed by atoms with van der Waals surface area (Å²) in [7, 11) is 0. The molecule has 3 aromatic rings. The van der Waals surface area contributed by atoms with Crippen LogP contribution in [0.1, 0.15) is 23.0 Å². The second-order valence-corrected chi connectivity index (χ2v) is 6.42. The molecule has 0 aliphatic heterocycles. The van der Waals surface area contributed by atoms with Crippen LogP contribution in [0, 0.1) is 11.3 Å². The molecule has 0 N–H and O–H groups in total. The van der Waals surface area contributed by atoms with Crippen molar-refractivity contribution in [2.45, 2.75) is 12.2 Å². The van der Waals surface area contributed by atoms with Crippen LogP contribution in [0.2, 0.25) is 10.0 Å². The van der Waals surface area contributed by atoms with Gasteiger partial charge in [-0.05, 0) is 23.3 Å². The van der Waals surface area contributed by atoms with E-state index in [0.29, 0.717) is 21.8 Å². The Morgan fingerprint density at radius 1 is 1.04 bits per heavy atom. The summed E-state index contributed by atoms with van der Waals surface area (Å²) in [6.45, 7) is 0. The number of hydrogen-bond acceptors (Lipinski definition) is 1. The molecule has 0 radical (unpaired) electrons. The van der Waals surface area contributed by atoms with Gasteiger partial charge < -0.3 is 4.57 Å². The zero-order chi connectivity index (χ0) is 18.0. The smallest absolute Gasteiger partial charge is 0.167 e. The summed E-state index contributed by atoms with van der Waals surface area (Å²) >= 11 is 18.4. The third-order valence-electron chi connectivity index (χ3n) is 3.92. The first-order valence-electron chi connectivity index (χ1n) is 7.41. The van der Waals surface area contributed by atoms with E-state index in [1.807, 2.05) is 0 Å². The fourth-order valence-corrected chi connectivity index (χ4v) is 3.47. The predicted octanol–water partition coefficient (Wildman–Crippen LogP) is 6.59. The molecule has 0 bridgehead atoms. The average Bonchev–Trinajstić information content (AvgIpc) is 2.94. The average molecular weight is 394 g/mol. The molecule has 0 saturated heterocycles. The molecule has 0 saturated carbocycles. The van der Waals surface area contributed by atoms with E-state index in [0.717, 1.165) is 0 Å². The van der Waals surface area contributed by atoms with Gasteiger partial charge in [0.25, 0.3) is 0 Å². The van der Waals surface area contributed by atoms with Crippen LogP contribution in [0.15, 0.2) is 54.6 Å². The molecule has 25 heavy (non-hydrogen) atoms. The topological polar surface area (TPSA) is 28.7 Å². The van der Waals surface area contributed by atoms with E-state index in [9.17, 15) is 5.26 Å². The van der Waals surface area contributed by atoms with E-state index >= 15 is 4.39 Å². The van der Waals surface area contributed by atoms with Gasteiger partial charge in [-0.2, -0.15) is 5.26 Å². The molecule has 2 aromatic carbocycles. The third kappa shape index (κ3) is 3.26. The van der Waals surface area contributed by atoms with E-state index in [1.54, 1.807) is 54.6 Å². The zero-order valence-electron chi connectivity index (χ0n) is 12.9. The second kappa shape index (κ2) is 7.49. The van der Waals surface area contributed by atoms with Crippen molar-refractivity contribution in [3.05, 3.63) is 81.5 Å². The summed E-state index contributed by atoms with van der Waals surface area (Å²) in [6, 6.07) is 17.5. The number of aromatic nitrogens is 1. The molecule has 0 aliphatic rings. The summed E-state index contributed by atoms with van der Waals surface area (Å²) in [5.74, 6) is 0. The fraction of sp³-hybridized carbons (Fsp3) is 0.105. The number of halogens is 4. The molecule has 6 heteroatoms. The van der Waals surface area contributed by atoms with Crippen LogP contribution >= 0.6 is 34.8 Å². The third-order valence-corrected chi connectivity index (χ3v) is 4.80. The van der Waals surface area contributed by atoms with Gasteiger partial charge in [0.05, 0.1) is 28.0 Å². The molecule has 0 amide bonds. The SMILES string of the molecule is N#Cc1c(Cl)c(C(F)c2ccccc2)n(CCl)c1-c1ccc(Cl)cc1. The Balaban J connectivity index is 2.24. The highest BCUT2D eigenvalue weighted by Gasteiger charge is 2.28. The highest BCUT2D eigenvalue weighted by molar-refractivity contribution is 6.33. The van der Waals surface area contributed by atoms with Crippen LogP contribution < -0.4 is 0 Å². The van der Waals surface area contributed by atoms with Gasteiger partial charge >= 0.3 is 0 Å². The lowest BCUT2D eigenvalue weighted by molar-refractivity contribution is 0.385. The summed E-state index contributed by atoms with van der Waals surface area (Å²) in [6.07, 6.45) is -1.50. The molecule has 1 atom stereocenters. The molecule has 0 fully saturated rings. The van der Waals surface area contributed by atoms with Crippen molar-refractivity contribution >= 4 is 34.8 Å². The maximum absolute atomic E-state index is 15.2. The van der Waals surface area contributed by atoms with E-state index < -0.39 is 6.17 Å². The molecule has 1 aromatic heterocycles. The Morgan fingerprint density at radius 3 is 2.24 bits per heavy atom. The number of nitriles is 1. The number of rotatable bonds is 4. The minimum atomic E-state index is -1.50. The molecule has 0 aliphatic carbocycles. The van der Waals surface area contributed by atoms with E-state index in [2.05, 4.69) is 6.07 Å². The predicted molar refractivity (Wildman–Crippen MR) is 99.8 cm³/mol. The van der Waals surface area contributed by atoms with Crippen LogP contribution in [0.5, 0.6) is 0 Å². The van der Waals surface area contributed by atoms with Crippen LogP contribution in [0.3, 0.4) is 0 Å². The number of hydrogen-bond donors (Lipinski definition) is 0. The molecule has 3 rings (SSSR count). The van der Waals surface area contributed by atoms with Crippen LogP contribution in [0.4, 0.5) is 4.39 Å². The Kier molecular flexibility index (Phi) is 5.34. The summed E-state index contributed by atoms with van der Waals surface area (Å²) in [5.41, 5.74) is 1.98. The minimum absolute atomic E-state index is 0.0397. The van der Waals surface area contributed by atoms with Crippen molar-refractivity contribution < 1.29 is 4.39 Å². The normalized spacial score (nSPS) is 12.0. The molecule has 1 unspecified atom stereocenters. The molecule has 126 valence electrons. The molecular weight excluding hydrogens is 382 g/mol. The quantitative estimate of drug-likeness (QED) is 0.460. The first-order valence-corrected chi connectivity index (χ1v) is 8.70. The Hall–Kier alpha value is -1.99. The minimum Gasteiger partial charge on any atom is -0.325 e. The van der Waals surface area contributed by atoms with Crippen LogP contribution in [-0.2, 0) is 6.00 Å².